The van der Waals surface area contributed by atoms with Gasteiger partial charge in [0, 0.05) is 6.42 Å². The van der Waals surface area contributed by atoms with Crippen LogP contribution in [0.3, 0.4) is 0 Å². The van der Waals surface area contributed by atoms with E-state index in [0.29, 0.717) is 0 Å². The second-order valence-corrected chi connectivity index (χ2v) is 4.86. The molecule has 0 aromatic rings. The van der Waals surface area contributed by atoms with Crippen molar-refractivity contribution < 1.29 is 14.5 Å². The van der Waals surface area contributed by atoms with Crippen molar-refractivity contribution in [3.8, 4) is 0 Å². The van der Waals surface area contributed by atoms with E-state index in [2.05, 4.69) is 0 Å². The molecule has 0 rings (SSSR count). The Morgan fingerprint density at radius 1 is 1.91 bits per heavy atom. The van der Waals surface area contributed by atoms with E-state index >= 15 is 0 Å². The van der Waals surface area contributed by atoms with Gasteiger partial charge in [-0.2, -0.15) is 4.78 Å². The summed E-state index contributed by atoms with van der Waals surface area (Å²) in [6.07, 6.45) is 1.36. The highest BCUT2D eigenvalue weighted by atomic mass is 32.3. The molecule has 5 nitrogen and oxygen atoms in total. The van der Waals surface area contributed by atoms with Crippen LogP contribution in [0.15, 0.2) is 0 Å². The zero-order valence-electron chi connectivity index (χ0n) is 6.24. The maximum atomic E-state index is 10.7. The van der Waals surface area contributed by atoms with Crippen molar-refractivity contribution in [2.45, 2.75) is 12.5 Å². The van der Waals surface area contributed by atoms with Gasteiger partial charge in [-0.1, -0.05) is 10.1 Å². The van der Waals surface area contributed by atoms with E-state index in [9.17, 15) is 9.35 Å². The van der Waals surface area contributed by atoms with E-state index in [1.54, 1.807) is 0 Å². The zero-order valence-corrected chi connectivity index (χ0v) is 7.06. The molecule has 4 N–H and O–H groups in total. The SMILES string of the molecule is C[S+](=N)([O-])CC[C@H](N)C(=O)O. The van der Waals surface area contributed by atoms with Crippen LogP contribution in [0.2, 0.25) is 0 Å². The number of nitrogens with one attached hydrogen (secondary N) is 1. The fourth-order valence-electron chi connectivity index (χ4n) is 0.475. The van der Waals surface area contributed by atoms with E-state index in [4.69, 9.17) is 15.6 Å². The van der Waals surface area contributed by atoms with Gasteiger partial charge in [0.1, 0.15) is 6.04 Å². The van der Waals surface area contributed by atoms with Crippen molar-refractivity contribution in [2.24, 2.45) is 5.73 Å². The lowest BCUT2D eigenvalue weighted by Gasteiger charge is -2.14. The fraction of sp³-hybridized carbons (Fsp3) is 0.800. The van der Waals surface area contributed by atoms with Gasteiger partial charge >= 0.3 is 5.97 Å². The first kappa shape index (κ1) is 10.5. The molecule has 0 fully saturated rings. The quantitative estimate of drug-likeness (QED) is 0.505. The number of carboxylic acid groups (broad SMARTS) is 1. The highest BCUT2D eigenvalue weighted by molar-refractivity contribution is 7.98. The molecule has 0 heterocycles. The average molecular weight is 180 g/mol. The number of hydrogen-bond donors (Lipinski definition) is 3. The Bertz CT molecular complexity index is 188. The summed E-state index contributed by atoms with van der Waals surface area (Å²) in [5.74, 6) is -1.07. The van der Waals surface area contributed by atoms with Gasteiger partial charge in [0.05, 0.1) is 12.0 Å². The number of nitrogens with two attached hydrogens (primary N) is 1. The van der Waals surface area contributed by atoms with Gasteiger partial charge in [-0.15, -0.1) is 0 Å². The molecule has 0 saturated carbocycles. The Hall–Kier alpha value is -0.460. The molecule has 0 aliphatic heterocycles. The van der Waals surface area contributed by atoms with Gasteiger partial charge in [-0.25, -0.2) is 0 Å². The van der Waals surface area contributed by atoms with Gasteiger partial charge in [0.15, 0.2) is 0 Å². The van der Waals surface area contributed by atoms with Crippen LogP contribution in [0.25, 0.3) is 0 Å². The Morgan fingerprint density at radius 3 is 2.64 bits per heavy atom. The molecule has 1 unspecified atom stereocenters. The van der Waals surface area contributed by atoms with Crippen LogP contribution in [0.1, 0.15) is 6.42 Å². The summed E-state index contributed by atoms with van der Waals surface area (Å²) in [6, 6.07) is -0.999. The lowest BCUT2D eigenvalue weighted by molar-refractivity contribution is -0.138. The molecular weight excluding hydrogens is 168 g/mol. The van der Waals surface area contributed by atoms with Crippen LogP contribution in [-0.4, -0.2) is 33.7 Å². The summed E-state index contributed by atoms with van der Waals surface area (Å²) >= 11 is 0. The summed E-state index contributed by atoms with van der Waals surface area (Å²) in [4.78, 5) is 10.1. The van der Waals surface area contributed by atoms with Crippen molar-refractivity contribution in [3.63, 3.8) is 0 Å². The second kappa shape index (κ2) is 3.80. The molecule has 0 bridgehead atoms. The maximum absolute atomic E-state index is 10.7. The highest BCUT2D eigenvalue weighted by Gasteiger charge is 2.14. The number of carbonyl (C=O) groups is 1. The van der Waals surface area contributed by atoms with E-state index in [1.165, 1.54) is 6.26 Å². The molecule has 0 amide bonds. The standard InChI is InChI=1S/C5H12N2O3S/c1-11(7,10)3-2-4(6)5(8)9/h4H,2-3,6H2,1H3,(H2-,7,8,9,10)/t4-,11?/m0/s1. The molecule has 0 saturated heterocycles. The molecule has 2 atom stereocenters. The molecule has 0 aromatic carbocycles. The topological polar surface area (TPSA) is 110 Å². The van der Waals surface area contributed by atoms with Crippen LogP contribution < -0.4 is 5.73 Å². The van der Waals surface area contributed by atoms with Crippen LogP contribution >= 0.6 is 0 Å². The van der Waals surface area contributed by atoms with E-state index in [-0.39, 0.29) is 12.2 Å². The van der Waals surface area contributed by atoms with Gasteiger partial charge in [-0.05, 0) is 0 Å². The summed E-state index contributed by atoms with van der Waals surface area (Å²) in [5.41, 5.74) is 5.12. The first-order valence-electron chi connectivity index (χ1n) is 3.03. The van der Waals surface area contributed by atoms with E-state index in [0.717, 1.165) is 0 Å². The van der Waals surface area contributed by atoms with Gasteiger partial charge in [-0.3, -0.25) is 4.79 Å². The minimum atomic E-state index is -2.60. The van der Waals surface area contributed by atoms with E-state index < -0.39 is 22.1 Å². The monoisotopic (exact) mass is 180 g/mol. The van der Waals surface area contributed by atoms with Crippen LogP contribution in [0.4, 0.5) is 0 Å². The lowest BCUT2D eigenvalue weighted by atomic mass is 10.2. The zero-order chi connectivity index (χ0) is 9.07. The van der Waals surface area contributed by atoms with Crippen molar-refractivity contribution in [3.05, 3.63) is 0 Å². The third-order valence-corrected chi connectivity index (χ3v) is 2.15. The summed E-state index contributed by atoms with van der Waals surface area (Å²) in [5, 5.41) is 8.30. The van der Waals surface area contributed by atoms with Crippen molar-refractivity contribution in [2.75, 3.05) is 12.0 Å². The number of rotatable bonds is 4. The Labute approximate surface area is 66.3 Å². The van der Waals surface area contributed by atoms with Gasteiger partial charge in [0.2, 0.25) is 0 Å². The second-order valence-electron chi connectivity index (χ2n) is 2.44. The van der Waals surface area contributed by atoms with Crippen LogP contribution in [0, 0.1) is 4.78 Å². The molecule has 0 aliphatic carbocycles. The predicted molar refractivity (Wildman–Crippen MR) is 41.9 cm³/mol. The molecule has 0 radical (unpaired) electrons. The minimum Gasteiger partial charge on any atom is -0.631 e. The smallest absolute Gasteiger partial charge is 0.320 e. The molecule has 66 valence electrons. The van der Waals surface area contributed by atoms with Crippen molar-refractivity contribution in [1.29, 1.82) is 4.78 Å². The molecule has 0 aromatic heterocycles. The number of carboxylic acids is 1. The molecule has 0 aliphatic rings. The van der Waals surface area contributed by atoms with Gasteiger partial charge < -0.3 is 15.4 Å². The summed E-state index contributed by atoms with van der Waals surface area (Å²) < 4.78 is 17.7. The maximum Gasteiger partial charge on any atom is 0.320 e. The highest BCUT2D eigenvalue weighted by Crippen LogP contribution is 1.99. The Morgan fingerprint density at radius 2 is 2.36 bits per heavy atom. The largest absolute Gasteiger partial charge is 0.631 e. The number of aliphatic carboxylic acids is 1. The van der Waals surface area contributed by atoms with Crippen molar-refractivity contribution in [1.82, 2.24) is 0 Å². The number of hydrogen-bond acceptors (Lipinski definition) is 4. The molecule has 0 spiro atoms. The van der Waals surface area contributed by atoms with Gasteiger partial charge in [0.25, 0.3) is 0 Å². The Balaban J connectivity index is 3.72. The minimum absolute atomic E-state index is 0.0421. The molecule has 6 heteroatoms. The first-order chi connectivity index (χ1) is 4.83. The first-order valence-corrected chi connectivity index (χ1v) is 5.16. The van der Waals surface area contributed by atoms with Crippen molar-refractivity contribution >= 4 is 16.1 Å². The molecular formula is C5H12N2O3S. The lowest BCUT2D eigenvalue weighted by Crippen LogP contribution is -2.32. The predicted octanol–water partition coefficient (Wildman–Crippen LogP) is -0.535. The van der Waals surface area contributed by atoms with E-state index in [1.807, 2.05) is 0 Å². The van der Waals surface area contributed by atoms with Crippen LogP contribution in [0.5, 0.6) is 0 Å². The Kier molecular flexibility index (Phi) is 3.64. The molecule has 11 heavy (non-hydrogen) atoms. The third-order valence-electron chi connectivity index (χ3n) is 1.14. The fourth-order valence-corrected chi connectivity index (χ4v) is 1.18. The average Bonchev–Trinajstić information content (AvgIpc) is 1.80. The summed E-state index contributed by atoms with van der Waals surface area (Å²) in [6.45, 7) is 0. The normalized spacial score (nSPS) is 18.8. The third kappa shape index (κ3) is 5.96. The summed E-state index contributed by atoms with van der Waals surface area (Å²) in [7, 11) is -2.60. The van der Waals surface area contributed by atoms with Crippen LogP contribution in [-0.2, 0) is 14.9 Å².